The predicted molar refractivity (Wildman–Crippen MR) is 154 cm³/mol. The predicted octanol–water partition coefficient (Wildman–Crippen LogP) is 4.17. The Bertz CT molecular complexity index is 1350. The maximum absolute atomic E-state index is 14.0. The first-order chi connectivity index (χ1) is 19.4. The summed E-state index contributed by atoms with van der Waals surface area (Å²) in [6, 6.07) is 8.85. The van der Waals surface area contributed by atoms with Gasteiger partial charge in [0.1, 0.15) is 24.2 Å². The van der Waals surface area contributed by atoms with Crippen LogP contribution in [-0.2, 0) is 28.2 Å². The van der Waals surface area contributed by atoms with Crippen molar-refractivity contribution in [2.45, 2.75) is 66.0 Å². The summed E-state index contributed by atoms with van der Waals surface area (Å²) >= 11 is 0. The van der Waals surface area contributed by atoms with E-state index in [-0.39, 0.29) is 36.8 Å². The zero-order valence-electron chi connectivity index (χ0n) is 24.1. The van der Waals surface area contributed by atoms with Crippen molar-refractivity contribution < 1.29 is 32.7 Å². The number of rotatable bonds is 15. The van der Waals surface area contributed by atoms with E-state index in [2.05, 4.69) is 10.1 Å². The summed E-state index contributed by atoms with van der Waals surface area (Å²) in [4.78, 5) is 41.0. The molecule has 1 aliphatic carbocycles. The first kappa shape index (κ1) is 32.0. The summed E-state index contributed by atoms with van der Waals surface area (Å²) < 4.78 is 37.9. The standard InChI is InChI=1S/C28H39N4O8P/c1-6-10-20(4)39-26(34)21(5)31-41(36,40-23-11-8-7-9-12-23)38-18-28(17-37-25(33)19(2)3)15-22(28)16-32-14-13-24(29)30-27(32)35/h7-9,11-14,16,19-21H,6,10,15,17-18H2,1-5H3,(H,31,36)(H2,29,30,35)/b22-16-/t20-,21-,28?,41?/m0/s1. The zero-order valence-corrected chi connectivity index (χ0v) is 25.0. The molecule has 0 amide bonds. The van der Waals surface area contributed by atoms with E-state index in [0.29, 0.717) is 18.4 Å². The Morgan fingerprint density at radius 3 is 2.49 bits per heavy atom. The number of ether oxygens (including phenoxy) is 2. The number of nitrogens with zero attached hydrogens (tertiary/aromatic N) is 2. The van der Waals surface area contributed by atoms with Gasteiger partial charge in [-0.15, -0.1) is 0 Å². The van der Waals surface area contributed by atoms with Crippen LogP contribution in [-0.4, -0.2) is 46.8 Å². The number of para-hydroxylation sites is 1. The second kappa shape index (κ2) is 13.9. The molecule has 0 spiro atoms. The Labute approximate surface area is 239 Å². The van der Waals surface area contributed by atoms with Crippen molar-refractivity contribution in [1.82, 2.24) is 14.6 Å². The minimum Gasteiger partial charge on any atom is -0.464 e. The quantitative estimate of drug-likeness (QED) is 0.226. The van der Waals surface area contributed by atoms with Gasteiger partial charge in [-0.25, -0.2) is 9.36 Å². The van der Waals surface area contributed by atoms with Crippen LogP contribution < -0.4 is 21.0 Å². The highest BCUT2D eigenvalue weighted by atomic mass is 31.2. The molecule has 4 atom stereocenters. The topological polar surface area (TPSA) is 161 Å². The first-order valence-corrected chi connectivity index (χ1v) is 15.1. The van der Waals surface area contributed by atoms with Gasteiger partial charge in [0.25, 0.3) is 0 Å². The highest BCUT2D eigenvalue weighted by molar-refractivity contribution is 7.52. The maximum atomic E-state index is 14.0. The van der Waals surface area contributed by atoms with Crippen LogP contribution in [0.3, 0.4) is 0 Å². The molecule has 12 nitrogen and oxygen atoms in total. The number of nitrogen functional groups attached to an aromatic ring is 1. The Morgan fingerprint density at radius 2 is 1.85 bits per heavy atom. The van der Waals surface area contributed by atoms with Gasteiger partial charge in [0.05, 0.1) is 24.0 Å². The van der Waals surface area contributed by atoms with Crippen molar-refractivity contribution >= 4 is 31.7 Å². The van der Waals surface area contributed by atoms with Crippen LogP contribution in [0.15, 0.2) is 53.0 Å². The fourth-order valence-corrected chi connectivity index (χ4v) is 5.45. The van der Waals surface area contributed by atoms with E-state index in [1.54, 1.807) is 57.3 Å². The van der Waals surface area contributed by atoms with Crippen LogP contribution in [0.4, 0.5) is 5.82 Å². The van der Waals surface area contributed by atoms with E-state index < -0.39 is 36.8 Å². The summed E-state index contributed by atoms with van der Waals surface area (Å²) in [7, 11) is -4.17. The molecule has 1 heterocycles. The Morgan fingerprint density at radius 1 is 1.15 bits per heavy atom. The number of carbonyl (C=O) groups excluding carboxylic acids is 2. The number of nitrogens with one attached hydrogen (secondary N) is 1. The molecule has 13 heteroatoms. The molecule has 2 unspecified atom stereocenters. The summed E-state index contributed by atoms with van der Waals surface area (Å²) in [5.41, 5.74) is 4.83. The normalized spacial score (nSPS) is 20.2. The first-order valence-electron chi connectivity index (χ1n) is 13.6. The number of benzene rings is 1. The van der Waals surface area contributed by atoms with E-state index in [4.69, 9.17) is 24.3 Å². The van der Waals surface area contributed by atoms with Crippen LogP contribution >= 0.6 is 7.75 Å². The van der Waals surface area contributed by atoms with Crippen molar-refractivity contribution in [3.63, 3.8) is 0 Å². The molecule has 224 valence electrons. The molecule has 2 aromatic rings. The van der Waals surface area contributed by atoms with Crippen LogP contribution in [0, 0.1) is 11.3 Å². The van der Waals surface area contributed by atoms with Crippen LogP contribution in [0.5, 0.6) is 5.75 Å². The van der Waals surface area contributed by atoms with Crippen molar-refractivity contribution in [3.05, 3.63) is 58.7 Å². The number of anilines is 1. The minimum atomic E-state index is -4.17. The lowest BCUT2D eigenvalue weighted by atomic mass is 10.1. The lowest BCUT2D eigenvalue weighted by Gasteiger charge is -2.25. The molecule has 1 fully saturated rings. The molecular formula is C28H39N4O8P. The van der Waals surface area contributed by atoms with Gasteiger partial charge in [-0.05, 0) is 50.5 Å². The van der Waals surface area contributed by atoms with Crippen LogP contribution in [0.1, 0.15) is 53.9 Å². The maximum Gasteiger partial charge on any atom is 0.459 e. The molecule has 3 rings (SSSR count). The number of esters is 2. The molecule has 0 bridgehead atoms. The van der Waals surface area contributed by atoms with Crippen LogP contribution in [0.2, 0.25) is 0 Å². The van der Waals surface area contributed by atoms with Gasteiger partial charge >= 0.3 is 25.4 Å². The van der Waals surface area contributed by atoms with Crippen molar-refractivity contribution in [2.75, 3.05) is 18.9 Å². The molecule has 0 radical (unpaired) electrons. The monoisotopic (exact) mass is 590 g/mol. The SMILES string of the molecule is CCC[C@H](C)OC(=O)[C@H](C)NP(=O)(OCC1(COC(=O)C(C)C)C/C1=C/n1ccc(N)nc1=O)Oc1ccccc1. The van der Waals surface area contributed by atoms with Gasteiger partial charge < -0.3 is 19.7 Å². The molecule has 41 heavy (non-hydrogen) atoms. The summed E-state index contributed by atoms with van der Waals surface area (Å²) in [6.07, 6.45) is 4.63. The average molecular weight is 591 g/mol. The summed E-state index contributed by atoms with van der Waals surface area (Å²) in [5, 5.41) is 2.68. The van der Waals surface area contributed by atoms with E-state index in [1.165, 1.54) is 23.8 Å². The van der Waals surface area contributed by atoms with Gasteiger partial charge in [0, 0.05) is 12.4 Å². The van der Waals surface area contributed by atoms with Crippen molar-refractivity contribution in [3.8, 4) is 5.75 Å². The van der Waals surface area contributed by atoms with E-state index >= 15 is 0 Å². The third-order valence-corrected chi connectivity index (χ3v) is 8.01. The Kier molecular flexibility index (Phi) is 10.9. The minimum absolute atomic E-state index is 0.0789. The smallest absolute Gasteiger partial charge is 0.459 e. The Hall–Kier alpha value is -3.47. The van der Waals surface area contributed by atoms with Crippen molar-refractivity contribution in [1.29, 1.82) is 0 Å². The van der Waals surface area contributed by atoms with E-state index in [9.17, 15) is 18.9 Å². The molecule has 1 aliphatic rings. The van der Waals surface area contributed by atoms with Crippen molar-refractivity contribution in [2.24, 2.45) is 11.3 Å². The van der Waals surface area contributed by atoms with Gasteiger partial charge in [0.15, 0.2) is 0 Å². The van der Waals surface area contributed by atoms with Gasteiger partial charge in [-0.3, -0.25) is 18.7 Å². The number of nitrogens with two attached hydrogens (primary N) is 1. The number of hydrogen-bond donors (Lipinski definition) is 2. The second-order valence-electron chi connectivity index (χ2n) is 10.5. The lowest BCUT2D eigenvalue weighted by Crippen LogP contribution is -2.37. The lowest BCUT2D eigenvalue weighted by molar-refractivity contribution is -0.151. The fourth-order valence-electron chi connectivity index (χ4n) is 3.87. The molecule has 0 aliphatic heterocycles. The molecule has 1 aromatic carbocycles. The molecule has 3 N–H and O–H groups in total. The van der Waals surface area contributed by atoms with E-state index in [0.717, 1.165) is 6.42 Å². The van der Waals surface area contributed by atoms with Crippen LogP contribution in [0.25, 0.3) is 6.20 Å². The van der Waals surface area contributed by atoms with Gasteiger partial charge in [-0.2, -0.15) is 10.1 Å². The fraction of sp³-hybridized carbons (Fsp3) is 0.500. The number of hydrogen-bond acceptors (Lipinski definition) is 10. The van der Waals surface area contributed by atoms with Gasteiger partial charge in [-0.1, -0.05) is 45.4 Å². The molecule has 1 aromatic heterocycles. The Balaban J connectivity index is 1.84. The highest BCUT2D eigenvalue weighted by Crippen LogP contribution is 2.56. The zero-order chi connectivity index (χ0) is 30.2. The average Bonchev–Trinajstić information content (AvgIpc) is 3.60. The van der Waals surface area contributed by atoms with E-state index in [1.807, 2.05) is 6.92 Å². The number of aromatic nitrogens is 2. The second-order valence-corrected chi connectivity index (χ2v) is 12.2. The third kappa shape index (κ3) is 9.27. The summed E-state index contributed by atoms with van der Waals surface area (Å²) in [6.45, 7) is 8.42. The van der Waals surface area contributed by atoms with Gasteiger partial charge in [0.2, 0.25) is 0 Å². The highest BCUT2D eigenvalue weighted by Gasteiger charge is 2.52. The largest absolute Gasteiger partial charge is 0.464 e. The molecule has 0 saturated heterocycles. The third-order valence-electron chi connectivity index (χ3n) is 6.39. The summed E-state index contributed by atoms with van der Waals surface area (Å²) in [5.74, 6) is -1.04. The molecular weight excluding hydrogens is 551 g/mol. The molecule has 1 saturated carbocycles. The number of carbonyl (C=O) groups is 2.